The summed E-state index contributed by atoms with van der Waals surface area (Å²) in [6, 6.07) is 0. The minimum atomic E-state index is -0.659. The second kappa shape index (κ2) is 8.46. The highest BCUT2D eigenvalue weighted by Crippen LogP contribution is 2.27. The van der Waals surface area contributed by atoms with Gasteiger partial charge < -0.3 is 11.1 Å². The van der Waals surface area contributed by atoms with Crippen molar-refractivity contribution in [1.82, 2.24) is 5.32 Å². The van der Waals surface area contributed by atoms with E-state index < -0.39 is 5.41 Å². The molecule has 0 heterocycles. The molecule has 0 unspecified atom stereocenters. The highest BCUT2D eigenvalue weighted by molar-refractivity contribution is 7.80. The van der Waals surface area contributed by atoms with Crippen LogP contribution in [0.15, 0.2) is 0 Å². The standard InChI is InChI=1S/C14H28N2OS/c1-5-14(6-2,12(15)18)13(17)16-10-8-7-9-11(3)4/h11H,5-10H2,1-4H3,(H2,15,18)(H,16,17). The lowest BCUT2D eigenvalue weighted by molar-refractivity contribution is -0.127. The third kappa shape index (κ3) is 4.92. The number of rotatable bonds is 9. The van der Waals surface area contributed by atoms with Crippen LogP contribution >= 0.6 is 12.2 Å². The van der Waals surface area contributed by atoms with E-state index in [2.05, 4.69) is 19.2 Å². The van der Waals surface area contributed by atoms with E-state index in [1.807, 2.05) is 13.8 Å². The molecule has 0 saturated carbocycles. The van der Waals surface area contributed by atoms with E-state index in [0.29, 0.717) is 17.8 Å². The zero-order chi connectivity index (χ0) is 14.2. The summed E-state index contributed by atoms with van der Waals surface area (Å²) in [6.07, 6.45) is 4.70. The van der Waals surface area contributed by atoms with Crippen LogP contribution in [-0.4, -0.2) is 17.4 Å². The van der Waals surface area contributed by atoms with Crippen molar-refractivity contribution in [2.45, 2.75) is 59.8 Å². The van der Waals surface area contributed by atoms with E-state index in [1.54, 1.807) is 0 Å². The van der Waals surface area contributed by atoms with Crippen molar-refractivity contribution in [2.24, 2.45) is 17.1 Å². The third-order valence-corrected chi connectivity index (χ3v) is 4.00. The Morgan fingerprint density at radius 3 is 2.22 bits per heavy atom. The topological polar surface area (TPSA) is 55.1 Å². The van der Waals surface area contributed by atoms with Crippen molar-refractivity contribution < 1.29 is 4.79 Å². The summed E-state index contributed by atoms with van der Waals surface area (Å²) in [5.41, 5.74) is 5.08. The second-order valence-electron chi connectivity index (χ2n) is 5.30. The van der Waals surface area contributed by atoms with Crippen molar-refractivity contribution >= 4 is 23.1 Å². The van der Waals surface area contributed by atoms with Gasteiger partial charge >= 0.3 is 0 Å². The van der Waals surface area contributed by atoms with Crippen LogP contribution < -0.4 is 11.1 Å². The molecule has 1 amide bonds. The van der Waals surface area contributed by atoms with Crippen LogP contribution in [0, 0.1) is 11.3 Å². The van der Waals surface area contributed by atoms with Crippen LogP contribution in [-0.2, 0) is 4.79 Å². The Balaban J connectivity index is 4.17. The number of unbranched alkanes of at least 4 members (excludes halogenated alkanes) is 1. The highest BCUT2D eigenvalue weighted by Gasteiger charge is 2.37. The molecule has 0 aliphatic carbocycles. The first-order valence-corrected chi connectivity index (χ1v) is 7.39. The molecule has 0 radical (unpaired) electrons. The number of amides is 1. The highest BCUT2D eigenvalue weighted by atomic mass is 32.1. The molecule has 106 valence electrons. The van der Waals surface area contributed by atoms with E-state index in [4.69, 9.17) is 18.0 Å². The Morgan fingerprint density at radius 1 is 1.28 bits per heavy atom. The first kappa shape index (κ1) is 17.4. The summed E-state index contributed by atoms with van der Waals surface area (Å²) >= 11 is 5.06. The summed E-state index contributed by atoms with van der Waals surface area (Å²) < 4.78 is 0. The van der Waals surface area contributed by atoms with Gasteiger partial charge in [0.1, 0.15) is 0 Å². The van der Waals surface area contributed by atoms with Crippen LogP contribution in [0.1, 0.15) is 59.8 Å². The number of thiocarbonyl (C=S) groups is 1. The van der Waals surface area contributed by atoms with Crippen LogP contribution in [0.5, 0.6) is 0 Å². The predicted octanol–water partition coefficient (Wildman–Crippen LogP) is 3.02. The van der Waals surface area contributed by atoms with Gasteiger partial charge in [0.2, 0.25) is 5.91 Å². The van der Waals surface area contributed by atoms with Crippen molar-refractivity contribution in [2.75, 3.05) is 6.54 Å². The molecule has 0 aliphatic heterocycles. The van der Waals surface area contributed by atoms with E-state index in [9.17, 15) is 4.79 Å². The average molecular weight is 272 g/mol. The molecule has 3 nitrogen and oxygen atoms in total. The minimum Gasteiger partial charge on any atom is -0.392 e. The molecule has 0 aromatic rings. The van der Waals surface area contributed by atoms with Crippen molar-refractivity contribution in [3.05, 3.63) is 0 Å². The molecule has 0 aromatic carbocycles. The van der Waals surface area contributed by atoms with Crippen molar-refractivity contribution in [3.63, 3.8) is 0 Å². The summed E-state index contributed by atoms with van der Waals surface area (Å²) in [5.74, 6) is 0.715. The van der Waals surface area contributed by atoms with Crippen molar-refractivity contribution in [3.8, 4) is 0 Å². The zero-order valence-corrected chi connectivity index (χ0v) is 13.0. The maximum absolute atomic E-state index is 12.2. The molecule has 3 N–H and O–H groups in total. The summed E-state index contributed by atoms with van der Waals surface area (Å²) in [7, 11) is 0. The molecule has 18 heavy (non-hydrogen) atoms. The lowest BCUT2D eigenvalue weighted by Crippen LogP contribution is -2.48. The number of nitrogens with one attached hydrogen (secondary N) is 1. The largest absolute Gasteiger partial charge is 0.392 e. The molecule has 0 bridgehead atoms. The Labute approximate surface area is 117 Å². The first-order chi connectivity index (χ1) is 8.40. The normalized spacial score (nSPS) is 11.6. The monoisotopic (exact) mass is 272 g/mol. The van der Waals surface area contributed by atoms with E-state index in [0.717, 1.165) is 25.3 Å². The SMILES string of the molecule is CCC(CC)(C(=O)NCCCCC(C)C)C(N)=S. The van der Waals surface area contributed by atoms with Gasteiger partial charge in [0.25, 0.3) is 0 Å². The Morgan fingerprint density at radius 2 is 1.83 bits per heavy atom. The number of nitrogens with two attached hydrogens (primary N) is 1. The van der Waals surface area contributed by atoms with Gasteiger partial charge in [-0.15, -0.1) is 0 Å². The molecular formula is C14H28N2OS. The number of hydrogen-bond acceptors (Lipinski definition) is 2. The number of carbonyl (C=O) groups excluding carboxylic acids is 1. The van der Waals surface area contributed by atoms with Crippen LogP contribution in [0.2, 0.25) is 0 Å². The first-order valence-electron chi connectivity index (χ1n) is 6.98. The average Bonchev–Trinajstić information content (AvgIpc) is 2.30. The van der Waals surface area contributed by atoms with Gasteiger partial charge in [0, 0.05) is 6.54 Å². The molecule has 0 aromatic heterocycles. The predicted molar refractivity (Wildman–Crippen MR) is 81.5 cm³/mol. The van der Waals surface area contributed by atoms with Crippen molar-refractivity contribution in [1.29, 1.82) is 0 Å². The molecule has 4 heteroatoms. The van der Waals surface area contributed by atoms with Gasteiger partial charge in [0.15, 0.2) is 0 Å². The quantitative estimate of drug-likeness (QED) is 0.501. The van der Waals surface area contributed by atoms with E-state index in [-0.39, 0.29) is 5.91 Å². The van der Waals surface area contributed by atoms with Crippen LogP contribution in [0.4, 0.5) is 0 Å². The fourth-order valence-corrected chi connectivity index (χ4v) is 2.46. The summed E-state index contributed by atoms with van der Waals surface area (Å²) in [4.78, 5) is 12.5. The number of carbonyl (C=O) groups is 1. The van der Waals surface area contributed by atoms with Gasteiger partial charge in [-0.1, -0.05) is 52.8 Å². The van der Waals surface area contributed by atoms with Gasteiger partial charge in [-0.25, -0.2) is 0 Å². The molecule has 0 spiro atoms. The smallest absolute Gasteiger partial charge is 0.233 e. The van der Waals surface area contributed by atoms with Gasteiger partial charge in [-0.05, 0) is 25.2 Å². The van der Waals surface area contributed by atoms with Gasteiger partial charge in [-0.3, -0.25) is 4.79 Å². The lowest BCUT2D eigenvalue weighted by Gasteiger charge is -2.28. The fourth-order valence-electron chi connectivity index (χ4n) is 2.08. The van der Waals surface area contributed by atoms with Crippen LogP contribution in [0.3, 0.4) is 0 Å². The third-order valence-electron chi connectivity index (χ3n) is 3.61. The summed E-state index contributed by atoms with van der Waals surface area (Å²) in [6.45, 7) is 9.06. The molecular weight excluding hydrogens is 244 g/mol. The maximum Gasteiger partial charge on any atom is 0.233 e. The molecule has 0 rings (SSSR count). The molecule has 0 aliphatic rings. The zero-order valence-electron chi connectivity index (χ0n) is 12.2. The van der Waals surface area contributed by atoms with Gasteiger partial charge in [0.05, 0.1) is 10.4 Å². The molecule has 0 saturated heterocycles. The minimum absolute atomic E-state index is 0.00968. The number of hydrogen-bond donors (Lipinski definition) is 2. The van der Waals surface area contributed by atoms with Gasteiger partial charge in [-0.2, -0.15) is 0 Å². The maximum atomic E-state index is 12.2. The Bertz CT molecular complexity index is 273. The summed E-state index contributed by atoms with van der Waals surface area (Å²) in [5, 5.41) is 2.97. The fraction of sp³-hybridized carbons (Fsp3) is 0.857. The van der Waals surface area contributed by atoms with Crippen LogP contribution in [0.25, 0.3) is 0 Å². The lowest BCUT2D eigenvalue weighted by atomic mass is 9.81. The van der Waals surface area contributed by atoms with E-state index in [1.165, 1.54) is 6.42 Å². The molecule has 0 atom stereocenters. The molecule has 0 fully saturated rings. The second-order valence-corrected chi connectivity index (χ2v) is 5.74. The Hall–Kier alpha value is -0.640. The Kier molecular flexibility index (Phi) is 8.16. The van der Waals surface area contributed by atoms with E-state index >= 15 is 0 Å².